The van der Waals surface area contributed by atoms with E-state index in [4.69, 9.17) is 5.41 Å². The van der Waals surface area contributed by atoms with E-state index in [1.807, 2.05) is 27.7 Å². The molecule has 1 aromatic carbocycles. The van der Waals surface area contributed by atoms with Crippen LogP contribution >= 0.6 is 0 Å². The zero-order valence-electron chi connectivity index (χ0n) is 22.0. The highest BCUT2D eigenvalue weighted by atomic mass is 16.1. The summed E-state index contributed by atoms with van der Waals surface area (Å²) in [4.78, 5) is 36.6. The fourth-order valence-electron chi connectivity index (χ4n) is 5.29. The predicted octanol–water partition coefficient (Wildman–Crippen LogP) is 3.30. The van der Waals surface area contributed by atoms with Crippen LogP contribution in [0.15, 0.2) is 41.3 Å². The van der Waals surface area contributed by atoms with Gasteiger partial charge >= 0.3 is 0 Å². The summed E-state index contributed by atoms with van der Waals surface area (Å²) in [5.74, 6) is -0.0182. The molecule has 1 amide bonds. The van der Waals surface area contributed by atoms with Crippen molar-refractivity contribution in [3.05, 3.63) is 58.0 Å². The molecule has 10 heteroatoms. The van der Waals surface area contributed by atoms with Crippen LogP contribution in [0.25, 0.3) is 11.0 Å². The van der Waals surface area contributed by atoms with Crippen LogP contribution in [0.2, 0.25) is 0 Å². The first kappa shape index (κ1) is 24.9. The van der Waals surface area contributed by atoms with Crippen LogP contribution in [0.5, 0.6) is 0 Å². The Morgan fingerprint density at radius 2 is 1.95 bits per heavy atom. The maximum absolute atomic E-state index is 13.1. The van der Waals surface area contributed by atoms with Gasteiger partial charge in [-0.2, -0.15) is 4.98 Å². The van der Waals surface area contributed by atoms with Crippen molar-refractivity contribution >= 4 is 34.4 Å². The molecular weight excluding hydrogens is 468 g/mol. The predicted molar refractivity (Wildman–Crippen MR) is 145 cm³/mol. The summed E-state index contributed by atoms with van der Waals surface area (Å²) in [6.45, 7) is 9.46. The first-order valence-corrected chi connectivity index (χ1v) is 12.7. The third kappa shape index (κ3) is 4.69. The largest absolute Gasteiger partial charge is 0.350 e. The number of allylic oxidation sites excluding steroid dienone is 1. The Kier molecular flexibility index (Phi) is 6.23. The Bertz CT molecular complexity index is 1480. The quantitative estimate of drug-likeness (QED) is 0.270. The number of aromatic nitrogens is 4. The molecule has 1 saturated carbocycles. The molecule has 10 nitrogen and oxygen atoms in total. The highest BCUT2D eigenvalue weighted by Crippen LogP contribution is 2.52. The molecule has 5 rings (SSSR count). The Morgan fingerprint density at radius 3 is 2.62 bits per heavy atom. The number of carbonyl (C=O) groups is 1. The van der Waals surface area contributed by atoms with Crippen molar-refractivity contribution in [3.8, 4) is 0 Å². The molecule has 3 heterocycles. The maximum atomic E-state index is 13.1. The Morgan fingerprint density at radius 1 is 1.19 bits per heavy atom. The molecule has 37 heavy (non-hydrogen) atoms. The van der Waals surface area contributed by atoms with Crippen LogP contribution < -0.4 is 16.2 Å². The molecule has 2 aromatic heterocycles. The summed E-state index contributed by atoms with van der Waals surface area (Å²) in [6.07, 6.45) is 6.64. The second kappa shape index (κ2) is 9.26. The summed E-state index contributed by atoms with van der Waals surface area (Å²) in [5.41, 5.74) is 3.97. The lowest BCUT2D eigenvalue weighted by Crippen LogP contribution is -2.35. The molecule has 0 unspecified atom stereocenters. The molecule has 0 atom stereocenters. The zero-order valence-corrected chi connectivity index (χ0v) is 22.0. The van der Waals surface area contributed by atoms with Crippen molar-refractivity contribution < 1.29 is 4.79 Å². The molecule has 194 valence electrons. The fraction of sp³-hybridized carbons (Fsp3) is 0.444. The molecule has 1 fully saturated rings. The summed E-state index contributed by atoms with van der Waals surface area (Å²) < 4.78 is 2.90. The lowest BCUT2D eigenvalue weighted by molar-refractivity contribution is -0.116. The van der Waals surface area contributed by atoms with E-state index in [1.54, 1.807) is 0 Å². The van der Waals surface area contributed by atoms with E-state index in [1.165, 1.54) is 51.7 Å². The molecule has 0 bridgehead atoms. The highest BCUT2D eigenvalue weighted by molar-refractivity contribution is 6.02. The second-order valence-electron chi connectivity index (χ2n) is 10.8. The number of likely N-dealkylation sites (N-methyl/N-ethyl adjacent to an activating group) is 1. The first-order chi connectivity index (χ1) is 17.6. The molecule has 1 aliphatic heterocycles. The molecule has 3 aromatic rings. The zero-order chi connectivity index (χ0) is 26.5. The summed E-state index contributed by atoms with van der Waals surface area (Å²) in [6, 6.07) is 6.17. The first-order valence-electron chi connectivity index (χ1n) is 12.7. The minimum atomic E-state index is -0.308. The molecule has 1 spiro atoms. The highest BCUT2D eigenvalue weighted by Gasteiger charge is 2.48. The molecule has 3 N–H and O–H groups in total. The van der Waals surface area contributed by atoms with Gasteiger partial charge in [-0.3, -0.25) is 15.0 Å². The van der Waals surface area contributed by atoms with E-state index in [0.717, 1.165) is 18.8 Å². The number of hydrogen-bond donors (Lipinski definition) is 3. The SMILES string of the molecule is CC(C)NC(=O)/C=C\C(=N)n1c2nc(Nc3ccc4c(c3)CN(C)CC43CC3)ncc2c(=O)n1C(C)C. The standard InChI is InChI=1S/C27H34N8O2/c1-16(2)30-23(36)9-8-22(28)35-24-20(25(37)34(35)17(3)4)13-29-26(32-24)31-19-6-7-21-18(12-19)14-33(5)15-27(21)10-11-27/h6-9,12-13,16-17,28H,10-11,14-15H2,1-5H3,(H,30,36)(H,29,31,32)/b9-8-,28-22?. The van der Waals surface area contributed by atoms with Gasteiger partial charge in [-0.15, -0.1) is 0 Å². The topological polar surface area (TPSA) is 121 Å². The number of nitrogens with zero attached hydrogens (tertiary/aromatic N) is 5. The van der Waals surface area contributed by atoms with Gasteiger partial charge in [0.15, 0.2) is 5.65 Å². The second-order valence-corrected chi connectivity index (χ2v) is 10.8. The van der Waals surface area contributed by atoms with Crippen molar-refractivity contribution in [1.82, 2.24) is 29.5 Å². The average Bonchev–Trinajstić information content (AvgIpc) is 3.51. The molecule has 1 aliphatic carbocycles. The van der Waals surface area contributed by atoms with Crippen LogP contribution in [-0.4, -0.2) is 55.6 Å². The summed E-state index contributed by atoms with van der Waals surface area (Å²) in [5, 5.41) is 15.0. The van der Waals surface area contributed by atoms with Crippen molar-refractivity contribution in [2.24, 2.45) is 0 Å². The molecule has 0 saturated heterocycles. The van der Waals surface area contributed by atoms with E-state index in [0.29, 0.717) is 22.4 Å². The van der Waals surface area contributed by atoms with Gasteiger partial charge in [0.25, 0.3) is 5.56 Å². The third-order valence-corrected chi connectivity index (χ3v) is 6.96. The van der Waals surface area contributed by atoms with E-state index >= 15 is 0 Å². The maximum Gasteiger partial charge on any atom is 0.278 e. The number of rotatable bonds is 6. The van der Waals surface area contributed by atoms with Gasteiger partial charge in [0, 0.05) is 48.5 Å². The Hall–Kier alpha value is -3.79. The number of fused-ring (bicyclic) bond motifs is 3. The van der Waals surface area contributed by atoms with Crippen molar-refractivity contribution in [3.63, 3.8) is 0 Å². The fourth-order valence-corrected chi connectivity index (χ4v) is 5.29. The smallest absolute Gasteiger partial charge is 0.278 e. The van der Waals surface area contributed by atoms with Gasteiger partial charge in [0.05, 0.1) is 0 Å². The van der Waals surface area contributed by atoms with Gasteiger partial charge in [-0.25, -0.2) is 14.3 Å². The van der Waals surface area contributed by atoms with Gasteiger partial charge in [-0.1, -0.05) is 6.07 Å². The van der Waals surface area contributed by atoms with E-state index in [2.05, 4.69) is 50.7 Å². The van der Waals surface area contributed by atoms with Crippen LogP contribution in [0.3, 0.4) is 0 Å². The normalized spacial score (nSPS) is 16.6. The minimum absolute atomic E-state index is 0.0206. The van der Waals surface area contributed by atoms with Gasteiger partial charge in [-0.05, 0) is 76.9 Å². The van der Waals surface area contributed by atoms with Gasteiger partial charge in [0.1, 0.15) is 11.2 Å². The summed E-state index contributed by atoms with van der Waals surface area (Å²) in [7, 11) is 2.16. The van der Waals surface area contributed by atoms with E-state index in [-0.39, 0.29) is 29.4 Å². The van der Waals surface area contributed by atoms with Crippen molar-refractivity contribution in [1.29, 1.82) is 5.41 Å². The molecule has 2 aliphatic rings. The number of amides is 1. The lowest BCUT2D eigenvalue weighted by Gasteiger charge is -2.32. The number of nitrogens with one attached hydrogen (secondary N) is 3. The van der Waals surface area contributed by atoms with Crippen molar-refractivity contribution in [2.75, 3.05) is 18.9 Å². The van der Waals surface area contributed by atoms with Gasteiger partial charge in [0.2, 0.25) is 11.9 Å². The Balaban J connectivity index is 1.49. The van der Waals surface area contributed by atoms with Crippen LogP contribution in [-0.2, 0) is 16.8 Å². The third-order valence-electron chi connectivity index (χ3n) is 6.96. The number of hydrogen-bond acceptors (Lipinski definition) is 7. The Labute approximate surface area is 215 Å². The van der Waals surface area contributed by atoms with Crippen molar-refractivity contribution in [2.45, 2.75) is 64.6 Å². The van der Waals surface area contributed by atoms with Crippen LogP contribution in [0.1, 0.15) is 57.7 Å². The molecule has 0 radical (unpaired) electrons. The number of carbonyl (C=O) groups excluding carboxylic acids is 1. The minimum Gasteiger partial charge on any atom is -0.350 e. The molecular formula is C27H34N8O2. The van der Waals surface area contributed by atoms with E-state index in [9.17, 15) is 9.59 Å². The number of anilines is 2. The summed E-state index contributed by atoms with van der Waals surface area (Å²) >= 11 is 0. The number of benzene rings is 1. The van der Waals surface area contributed by atoms with Crippen LogP contribution in [0, 0.1) is 5.41 Å². The lowest BCUT2D eigenvalue weighted by atomic mass is 9.87. The average molecular weight is 503 g/mol. The van der Waals surface area contributed by atoms with Crippen LogP contribution in [0.4, 0.5) is 11.6 Å². The van der Waals surface area contributed by atoms with E-state index < -0.39 is 0 Å². The monoisotopic (exact) mass is 502 g/mol. The van der Waals surface area contributed by atoms with Gasteiger partial charge < -0.3 is 15.5 Å².